The van der Waals surface area contributed by atoms with Gasteiger partial charge < -0.3 is 10.4 Å². The molecular weight excluding hydrogens is 288 g/mol. The van der Waals surface area contributed by atoms with Gasteiger partial charge in [0.05, 0.1) is 11.3 Å². The number of halogens is 1. The van der Waals surface area contributed by atoms with Gasteiger partial charge in [0.2, 0.25) is 0 Å². The van der Waals surface area contributed by atoms with Gasteiger partial charge in [-0.25, -0.2) is 0 Å². The lowest BCUT2D eigenvalue weighted by Gasteiger charge is -2.24. The number of benzene rings is 1. The first-order valence-electron chi connectivity index (χ1n) is 5.60. The zero-order chi connectivity index (χ0) is 15.5. The molecule has 1 aromatic rings. The van der Waals surface area contributed by atoms with Crippen LogP contribution in [0.4, 0.5) is 5.69 Å². The van der Waals surface area contributed by atoms with Crippen LogP contribution in [-0.2, 0) is 4.79 Å². The summed E-state index contributed by atoms with van der Waals surface area (Å²) in [6.07, 6.45) is -0.269. The van der Waals surface area contributed by atoms with Gasteiger partial charge in [0.25, 0.3) is 11.6 Å². The summed E-state index contributed by atoms with van der Waals surface area (Å²) in [4.78, 5) is 32.7. The number of hydrogen-bond donors (Lipinski definition) is 2. The number of aliphatic carboxylic acids is 1. The molecular formula is C12H13ClN2O5. The molecule has 0 aliphatic carbocycles. The highest BCUT2D eigenvalue weighted by Crippen LogP contribution is 2.25. The van der Waals surface area contributed by atoms with Crippen LogP contribution in [-0.4, -0.2) is 27.4 Å². The van der Waals surface area contributed by atoms with Crippen LogP contribution in [0.2, 0.25) is 5.02 Å². The summed E-state index contributed by atoms with van der Waals surface area (Å²) in [7, 11) is 0. The average Bonchev–Trinajstić information content (AvgIpc) is 2.26. The molecule has 0 aliphatic rings. The largest absolute Gasteiger partial charge is 0.481 e. The molecule has 0 radical (unpaired) electrons. The molecule has 108 valence electrons. The fraction of sp³-hybridized carbons (Fsp3) is 0.333. The number of nitro groups is 1. The topological polar surface area (TPSA) is 110 Å². The van der Waals surface area contributed by atoms with Crippen LogP contribution < -0.4 is 5.32 Å². The zero-order valence-electron chi connectivity index (χ0n) is 10.8. The molecule has 1 aromatic carbocycles. The van der Waals surface area contributed by atoms with Crippen molar-refractivity contribution >= 4 is 29.2 Å². The van der Waals surface area contributed by atoms with Gasteiger partial charge in [0, 0.05) is 17.2 Å². The SMILES string of the molecule is CC(C)(CC(=O)O)NC(=O)c1ccc(Cl)c([N+](=O)[O-])c1. The fourth-order valence-corrected chi connectivity index (χ4v) is 1.78. The Bertz CT molecular complexity index is 571. The number of carboxylic acid groups (broad SMARTS) is 1. The van der Waals surface area contributed by atoms with Crippen molar-refractivity contribution < 1.29 is 19.6 Å². The number of nitrogens with zero attached hydrogens (tertiary/aromatic N) is 1. The summed E-state index contributed by atoms with van der Waals surface area (Å²) in [6, 6.07) is 3.63. The van der Waals surface area contributed by atoms with Gasteiger partial charge in [-0.2, -0.15) is 0 Å². The minimum Gasteiger partial charge on any atom is -0.481 e. The van der Waals surface area contributed by atoms with Crippen molar-refractivity contribution in [1.82, 2.24) is 5.32 Å². The first-order valence-corrected chi connectivity index (χ1v) is 5.98. The third kappa shape index (κ3) is 4.20. The molecule has 0 unspecified atom stereocenters. The van der Waals surface area contributed by atoms with Gasteiger partial charge in [0.1, 0.15) is 5.02 Å². The van der Waals surface area contributed by atoms with Crippen LogP contribution in [0.5, 0.6) is 0 Å². The average molecular weight is 301 g/mol. The third-order valence-corrected chi connectivity index (χ3v) is 2.77. The Kier molecular flexibility index (Phi) is 4.67. The van der Waals surface area contributed by atoms with Crippen LogP contribution in [0, 0.1) is 10.1 Å². The summed E-state index contributed by atoms with van der Waals surface area (Å²) in [5.41, 5.74) is -1.31. The highest BCUT2D eigenvalue weighted by Gasteiger charge is 2.25. The molecule has 0 atom stereocenters. The van der Waals surface area contributed by atoms with E-state index in [-0.39, 0.29) is 22.7 Å². The molecule has 0 saturated carbocycles. The van der Waals surface area contributed by atoms with E-state index in [4.69, 9.17) is 16.7 Å². The second kappa shape index (κ2) is 5.87. The number of carbonyl (C=O) groups is 2. The van der Waals surface area contributed by atoms with E-state index in [1.807, 2.05) is 0 Å². The van der Waals surface area contributed by atoms with Crippen LogP contribution in [0.3, 0.4) is 0 Å². The molecule has 1 amide bonds. The molecule has 20 heavy (non-hydrogen) atoms. The standard InChI is InChI=1S/C12H13ClN2O5/c1-12(2,6-10(16)17)14-11(18)7-3-4-8(13)9(5-7)15(19)20/h3-5H,6H2,1-2H3,(H,14,18)(H,16,17). The first-order chi connectivity index (χ1) is 9.12. The lowest BCUT2D eigenvalue weighted by molar-refractivity contribution is -0.384. The Balaban J connectivity index is 2.96. The molecule has 1 rings (SSSR count). The summed E-state index contributed by atoms with van der Waals surface area (Å²) in [6.45, 7) is 3.09. The minimum absolute atomic E-state index is 0.0413. The molecule has 2 N–H and O–H groups in total. The van der Waals surface area contributed by atoms with Crippen molar-refractivity contribution in [1.29, 1.82) is 0 Å². The Labute approximate surface area is 119 Å². The number of rotatable bonds is 5. The van der Waals surface area contributed by atoms with E-state index in [9.17, 15) is 19.7 Å². The van der Waals surface area contributed by atoms with Crippen molar-refractivity contribution in [2.75, 3.05) is 0 Å². The summed E-state index contributed by atoms with van der Waals surface area (Å²) >= 11 is 5.65. The maximum Gasteiger partial charge on any atom is 0.305 e. The van der Waals surface area contributed by atoms with Crippen molar-refractivity contribution in [2.45, 2.75) is 25.8 Å². The van der Waals surface area contributed by atoms with E-state index in [0.29, 0.717) is 0 Å². The summed E-state index contributed by atoms with van der Waals surface area (Å²) in [5.74, 6) is -1.66. The summed E-state index contributed by atoms with van der Waals surface area (Å²) < 4.78 is 0. The van der Waals surface area contributed by atoms with E-state index in [0.717, 1.165) is 6.07 Å². The fourth-order valence-electron chi connectivity index (χ4n) is 1.60. The molecule has 0 bridgehead atoms. The molecule has 0 aromatic heterocycles. The molecule has 0 fully saturated rings. The number of amides is 1. The van der Waals surface area contributed by atoms with E-state index < -0.39 is 22.3 Å². The van der Waals surface area contributed by atoms with Gasteiger partial charge in [-0.1, -0.05) is 11.6 Å². The molecule has 8 heteroatoms. The van der Waals surface area contributed by atoms with Crippen LogP contribution in [0.25, 0.3) is 0 Å². The number of hydrogen-bond acceptors (Lipinski definition) is 4. The Morgan fingerprint density at radius 1 is 1.45 bits per heavy atom. The normalized spacial score (nSPS) is 10.9. The minimum atomic E-state index is -1.06. The zero-order valence-corrected chi connectivity index (χ0v) is 11.6. The van der Waals surface area contributed by atoms with Crippen molar-refractivity contribution in [3.05, 3.63) is 38.9 Å². The second-order valence-corrected chi connectivity index (χ2v) is 5.24. The maximum absolute atomic E-state index is 12.0. The van der Waals surface area contributed by atoms with Crippen LogP contribution in [0.1, 0.15) is 30.6 Å². The predicted octanol–water partition coefficient (Wildman–Crippen LogP) is 2.23. The number of carbonyl (C=O) groups excluding carboxylic acids is 1. The second-order valence-electron chi connectivity index (χ2n) is 4.83. The highest BCUT2D eigenvalue weighted by atomic mass is 35.5. The monoisotopic (exact) mass is 300 g/mol. The molecule has 0 saturated heterocycles. The van der Waals surface area contributed by atoms with Crippen molar-refractivity contribution in [3.63, 3.8) is 0 Å². The van der Waals surface area contributed by atoms with Crippen LogP contribution >= 0.6 is 11.6 Å². The quantitative estimate of drug-likeness (QED) is 0.640. The Morgan fingerprint density at radius 2 is 2.05 bits per heavy atom. The van der Waals surface area contributed by atoms with Gasteiger partial charge in [0.15, 0.2) is 0 Å². The molecule has 0 heterocycles. The van der Waals surface area contributed by atoms with Gasteiger partial charge in [-0.05, 0) is 26.0 Å². The van der Waals surface area contributed by atoms with E-state index in [1.54, 1.807) is 13.8 Å². The predicted molar refractivity (Wildman–Crippen MR) is 71.9 cm³/mol. The maximum atomic E-state index is 12.0. The summed E-state index contributed by atoms with van der Waals surface area (Å²) in [5, 5.41) is 21.9. The first kappa shape index (κ1) is 15.9. The lowest BCUT2D eigenvalue weighted by Crippen LogP contribution is -2.44. The Hall–Kier alpha value is -2.15. The molecule has 0 aliphatic heterocycles. The molecule has 7 nitrogen and oxygen atoms in total. The number of carboxylic acids is 1. The van der Waals surface area contributed by atoms with E-state index in [1.165, 1.54) is 12.1 Å². The van der Waals surface area contributed by atoms with Gasteiger partial charge in [-0.15, -0.1) is 0 Å². The van der Waals surface area contributed by atoms with Crippen molar-refractivity contribution in [2.24, 2.45) is 0 Å². The van der Waals surface area contributed by atoms with Crippen LogP contribution in [0.15, 0.2) is 18.2 Å². The number of nitrogens with one attached hydrogen (secondary N) is 1. The highest BCUT2D eigenvalue weighted by molar-refractivity contribution is 6.32. The molecule has 0 spiro atoms. The van der Waals surface area contributed by atoms with E-state index >= 15 is 0 Å². The lowest BCUT2D eigenvalue weighted by atomic mass is 10.00. The Morgan fingerprint density at radius 3 is 2.55 bits per heavy atom. The van der Waals surface area contributed by atoms with Gasteiger partial charge in [-0.3, -0.25) is 19.7 Å². The van der Waals surface area contributed by atoms with Gasteiger partial charge >= 0.3 is 5.97 Å². The number of nitro benzene ring substituents is 1. The van der Waals surface area contributed by atoms with Crippen molar-refractivity contribution in [3.8, 4) is 0 Å². The van der Waals surface area contributed by atoms with E-state index in [2.05, 4.69) is 5.32 Å². The third-order valence-electron chi connectivity index (χ3n) is 2.45. The smallest absolute Gasteiger partial charge is 0.305 e.